The van der Waals surface area contributed by atoms with E-state index in [-0.39, 0.29) is 12.5 Å². The van der Waals surface area contributed by atoms with Crippen LogP contribution in [0.3, 0.4) is 0 Å². The lowest BCUT2D eigenvalue weighted by Gasteiger charge is -2.15. The van der Waals surface area contributed by atoms with Crippen molar-refractivity contribution in [3.8, 4) is 0 Å². The summed E-state index contributed by atoms with van der Waals surface area (Å²) in [4.78, 5) is 0. The Morgan fingerprint density at radius 1 is 1.05 bits per heavy atom. The first kappa shape index (κ1) is 14.1. The van der Waals surface area contributed by atoms with Crippen LogP contribution in [0.2, 0.25) is 5.02 Å². The number of hydrogen-bond acceptors (Lipinski definition) is 1. The van der Waals surface area contributed by atoms with Crippen LogP contribution < -0.4 is 0 Å². The first-order valence-corrected chi connectivity index (χ1v) is 6.96. The molecule has 0 amide bonds. The maximum absolute atomic E-state index is 9.57. The van der Waals surface area contributed by atoms with Crippen LogP contribution in [-0.2, 0) is 12.8 Å². The van der Waals surface area contributed by atoms with Gasteiger partial charge in [0.2, 0.25) is 0 Å². The van der Waals surface area contributed by atoms with Gasteiger partial charge in [0.1, 0.15) is 0 Å². The van der Waals surface area contributed by atoms with Crippen molar-refractivity contribution in [2.75, 3.05) is 6.61 Å². The Morgan fingerprint density at radius 2 is 1.84 bits per heavy atom. The third kappa shape index (κ3) is 4.09. The first-order chi connectivity index (χ1) is 9.19. The minimum atomic E-state index is 0.180. The lowest BCUT2D eigenvalue weighted by atomic mass is 9.92. The SMILES string of the molecule is Cc1cccc(CC(CO)Cc2ccccc2Cl)c1. The summed E-state index contributed by atoms with van der Waals surface area (Å²) < 4.78 is 0. The van der Waals surface area contributed by atoms with Crippen molar-refractivity contribution in [1.82, 2.24) is 0 Å². The van der Waals surface area contributed by atoms with Crippen molar-refractivity contribution in [1.29, 1.82) is 0 Å². The van der Waals surface area contributed by atoms with E-state index in [1.807, 2.05) is 24.3 Å². The van der Waals surface area contributed by atoms with Gasteiger partial charge in [-0.3, -0.25) is 0 Å². The molecule has 2 rings (SSSR count). The van der Waals surface area contributed by atoms with Crippen LogP contribution in [-0.4, -0.2) is 11.7 Å². The number of halogens is 1. The number of aliphatic hydroxyl groups excluding tert-OH is 1. The molecule has 0 aliphatic carbocycles. The van der Waals surface area contributed by atoms with Gasteiger partial charge in [0.25, 0.3) is 0 Å². The minimum Gasteiger partial charge on any atom is -0.396 e. The standard InChI is InChI=1S/C17H19ClO/c1-13-5-4-6-14(9-13)10-15(12-19)11-16-7-2-3-8-17(16)18/h2-9,15,19H,10-12H2,1H3. The van der Waals surface area contributed by atoms with Gasteiger partial charge in [0.15, 0.2) is 0 Å². The Labute approximate surface area is 119 Å². The summed E-state index contributed by atoms with van der Waals surface area (Å²) in [6.07, 6.45) is 1.69. The van der Waals surface area contributed by atoms with Gasteiger partial charge in [0, 0.05) is 11.6 Å². The molecule has 0 bridgehead atoms. The molecular formula is C17H19ClO. The average molecular weight is 275 g/mol. The van der Waals surface area contributed by atoms with E-state index >= 15 is 0 Å². The Bertz CT molecular complexity index is 536. The molecule has 0 radical (unpaired) electrons. The van der Waals surface area contributed by atoms with Crippen molar-refractivity contribution in [3.63, 3.8) is 0 Å². The fraction of sp³-hybridized carbons (Fsp3) is 0.294. The first-order valence-electron chi connectivity index (χ1n) is 6.59. The van der Waals surface area contributed by atoms with Crippen molar-refractivity contribution in [2.45, 2.75) is 19.8 Å². The molecule has 0 aliphatic heterocycles. The highest BCUT2D eigenvalue weighted by Gasteiger charge is 2.11. The quantitative estimate of drug-likeness (QED) is 0.872. The highest BCUT2D eigenvalue weighted by atomic mass is 35.5. The normalized spacial score (nSPS) is 12.4. The third-order valence-corrected chi connectivity index (χ3v) is 3.70. The summed E-state index contributed by atoms with van der Waals surface area (Å²) >= 11 is 6.17. The molecule has 1 unspecified atom stereocenters. The average Bonchev–Trinajstić information content (AvgIpc) is 2.40. The number of rotatable bonds is 5. The van der Waals surface area contributed by atoms with E-state index in [2.05, 4.69) is 31.2 Å². The third-order valence-electron chi connectivity index (χ3n) is 3.33. The number of hydrogen-bond donors (Lipinski definition) is 1. The molecular weight excluding hydrogens is 256 g/mol. The van der Waals surface area contributed by atoms with Crippen LogP contribution in [0.5, 0.6) is 0 Å². The van der Waals surface area contributed by atoms with Gasteiger partial charge >= 0.3 is 0 Å². The molecule has 100 valence electrons. The second-order valence-corrected chi connectivity index (χ2v) is 5.44. The summed E-state index contributed by atoms with van der Waals surface area (Å²) in [6.45, 7) is 2.27. The largest absolute Gasteiger partial charge is 0.396 e. The Kier molecular flexibility index (Phi) is 5.00. The van der Waals surface area contributed by atoms with Gasteiger partial charge < -0.3 is 5.11 Å². The topological polar surface area (TPSA) is 20.2 Å². The fourth-order valence-electron chi connectivity index (χ4n) is 2.35. The molecule has 0 saturated heterocycles. The van der Waals surface area contributed by atoms with E-state index in [0.717, 1.165) is 23.4 Å². The van der Waals surface area contributed by atoms with Gasteiger partial charge in [-0.05, 0) is 42.9 Å². The Morgan fingerprint density at radius 3 is 2.53 bits per heavy atom. The van der Waals surface area contributed by atoms with Crippen molar-refractivity contribution in [2.24, 2.45) is 5.92 Å². The van der Waals surface area contributed by atoms with Gasteiger partial charge in [-0.25, -0.2) is 0 Å². The predicted octanol–water partition coefficient (Wildman–Crippen LogP) is 4.04. The van der Waals surface area contributed by atoms with Crippen LogP contribution in [0.1, 0.15) is 16.7 Å². The van der Waals surface area contributed by atoms with E-state index < -0.39 is 0 Å². The molecule has 0 aliphatic rings. The molecule has 2 heteroatoms. The molecule has 2 aromatic carbocycles. The zero-order valence-corrected chi connectivity index (χ0v) is 11.9. The highest BCUT2D eigenvalue weighted by molar-refractivity contribution is 6.31. The van der Waals surface area contributed by atoms with Gasteiger partial charge in [0.05, 0.1) is 0 Å². The van der Waals surface area contributed by atoms with Gasteiger partial charge in [-0.2, -0.15) is 0 Å². The number of aliphatic hydroxyl groups is 1. The molecule has 0 aromatic heterocycles. The lowest BCUT2D eigenvalue weighted by Crippen LogP contribution is -2.13. The number of aryl methyl sites for hydroxylation is 1. The molecule has 2 aromatic rings. The summed E-state index contributed by atoms with van der Waals surface area (Å²) in [5, 5.41) is 10.3. The van der Waals surface area contributed by atoms with Gasteiger partial charge in [-0.15, -0.1) is 0 Å². The molecule has 0 fully saturated rings. The van der Waals surface area contributed by atoms with Crippen molar-refractivity contribution >= 4 is 11.6 Å². The van der Waals surface area contributed by atoms with Crippen LogP contribution >= 0.6 is 11.6 Å². The monoisotopic (exact) mass is 274 g/mol. The highest BCUT2D eigenvalue weighted by Crippen LogP contribution is 2.21. The maximum atomic E-state index is 9.57. The molecule has 0 saturated carbocycles. The summed E-state index contributed by atoms with van der Waals surface area (Å²) in [5.74, 6) is 0.210. The van der Waals surface area contributed by atoms with E-state index in [0.29, 0.717) is 0 Å². The molecule has 0 spiro atoms. The van der Waals surface area contributed by atoms with Crippen LogP contribution in [0, 0.1) is 12.8 Å². The zero-order valence-electron chi connectivity index (χ0n) is 11.1. The van der Waals surface area contributed by atoms with Crippen molar-refractivity contribution < 1.29 is 5.11 Å². The smallest absolute Gasteiger partial charge is 0.0465 e. The molecule has 1 nitrogen and oxygen atoms in total. The van der Waals surface area contributed by atoms with E-state index in [1.54, 1.807) is 0 Å². The second-order valence-electron chi connectivity index (χ2n) is 5.04. The molecule has 1 atom stereocenters. The Balaban J connectivity index is 2.07. The number of benzene rings is 2. The van der Waals surface area contributed by atoms with Gasteiger partial charge in [-0.1, -0.05) is 59.6 Å². The molecule has 19 heavy (non-hydrogen) atoms. The Hall–Kier alpha value is -1.31. The molecule has 0 heterocycles. The van der Waals surface area contributed by atoms with Crippen LogP contribution in [0.25, 0.3) is 0 Å². The minimum absolute atomic E-state index is 0.180. The predicted molar refractivity (Wildman–Crippen MR) is 80.6 cm³/mol. The van der Waals surface area contributed by atoms with Crippen LogP contribution in [0.15, 0.2) is 48.5 Å². The summed E-state index contributed by atoms with van der Waals surface area (Å²) in [5.41, 5.74) is 3.63. The van der Waals surface area contributed by atoms with E-state index in [4.69, 9.17) is 11.6 Å². The second kappa shape index (κ2) is 6.74. The fourth-order valence-corrected chi connectivity index (χ4v) is 2.56. The van der Waals surface area contributed by atoms with Crippen molar-refractivity contribution in [3.05, 3.63) is 70.2 Å². The van der Waals surface area contributed by atoms with E-state index in [1.165, 1.54) is 11.1 Å². The summed E-state index contributed by atoms with van der Waals surface area (Å²) in [6, 6.07) is 16.3. The summed E-state index contributed by atoms with van der Waals surface area (Å²) in [7, 11) is 0. The maximum Gasteiger partial charge on any atom is 0.0465 e. The zero-order chi connectivity index (χ0) is 13.7. The van der Waals surface area contributed by atoms with E-state index in [9.17, 15) is 5.11 Å². The molecule has 1 N–H and O–H groups in total. The lowest BCUT2D eigenvalue weighted by molar-refractivity contribution is 0.225. The van der Waals surface area contributed by atoms with Crippen LogP contribution in [0.4, 0.5) is 0 Å².